The van der Waals surface area contributed by atoms with Crippen molar-refractivity contribution in [1.29, 1.82) is 0 Å². The van der Waals surface area contributed by atoms with Crippen LogP contribution < -0.4 is 11.1 Å². The first-order valence-electron chi connectivity index (χ1n) is 4.47. The van der Waals surface area contributed by atoms with Crippen LogP contribution in [0.15, 0.2) is 12.2 Å². The van der Waals surface area contributed by atoms with Gasteiger partial charge in [-0.25, -0.2) is 0 Å². The Balaban J connectivity index is 3.61. The molecule has 4 heteroatoms. The van der Waals surface area contributed by atoms with E-state index < -0.39 is 0 Å². The highest BCUT2D eigenvalue weighted by atomic mass is 16.1. The summed E-state index contributed by atoms with van der Waals surface area (Å²) in [6.45, 7) is 2.20. The molecule has 0 spiro atoms. The lowest BCUT2D eigenvalue weighted by atomic mass is 10.4. The third-order valence-corrected chi connectivity index (χ3v) is 1.49. The Kier molecular flexibility index (Phi) is 7.52. The quantitative estimate of drug-likeness (QED) is 0.430. The lowest BCUT2D eigenvalue weighted by Crippen LogP contribution is -2.27. The first kappa shape index (κ1) is 12.7. The van der Waals surface area contributed by atoms with E-state index in [9.17, 15) is 4.79 Å². The van der Waals surface area contributed by atoms with Crippen molar-refractivity contribution in [3.05, 3.63) is 12.2 Å². The van der Waals surface area contributed by atoms with E-state index in [2.05, 4.69) is 11.2 Å². The number of nitrogens with two attached hydrogens (primary N) is 1. The standard InChI is InChI=1S/C10H17N3O/c1-3-8-13(2)9-4-5-10(14)12-7-6-11/h1,4-5H,6-9,11H2,2H3,(H,12,14)/b5-4+. The molecule has 78 valence electrons. The van der Waals surface area contributed by atoms with E-state index in [1.165, 1.54) is 6.08 Å². The molecule has 0 unspecified atom stereocenters. The fourth-order valence-corrected chi connectivity index (χ4v) is 0.814. The minimum atomic E-state index is -0.121. The number of carbonyl (C=O) groups excluding carboxylic acids is 1. The Morgan fingerprint density at radius 2 is 2.43 bits per heavy atom. The van der Waals surface area contributed by atoms with Crippen LogP contribution in [0.3, 0.4) is 0 Å². The molecule has 0 bridgehead atoms. The number of hydrogen-bond donors (Lipinski definition) is 2. The van der Waals surface area contributed by atoms with Crippen molar-refractivity contribution < 1.29 is 4.79 Å². The molecule has 0 aromatic rings. The number of rotatable bonds is 6. The zero-order chi connectivity index (χ0) is 10.8. The number of nitrogens with one attached hydrogen (secondary N) is 1. The molecule has 0 saturated heterocycles. The number of terminal acetylenes is 1. The summed E-state index contributed by atoms with van der Waals surface area (Å²) in [6.07, 6.45) is 8.37. The van der Waals surface area contributed by atoms with Crippen molar-refractivity contribution in [2.45, 2.75) is 0 Å². The van der Waals surface area contributed by atoms with Gasteiger partial charge in [0.05, 0.1) is 6.54 Å². The van der Waals surface area contributed by atoms with Crippen molar-refractivity contribution >= 4 is 5.91 Å². The second-order valence-electron chi connectivity index (χ2n) is 2.88. The van der Waals surface area contributed by atoms with Gasteiger partial charge >= 0.3 is 0 Å². The number of likely N-dealkylation sites (N-methyl/N-ethyl adjacent to an activating group) is 1. The average molecular weight is 195 g/mol. The Labute approximate surface area is 85.1 Å². The maximum atomic E-state index is 11.0. The van der Waals surface area contributed by atoms with E-state index >= 15 is 0 Å². The molecule has 3 N–H and O–H groups in total. The van der Waals surface area contributed by atoms with Gasteiger partial charge < -0.3 is 11.1 Å². The van der Waals surface area contributed by atoms with Crippen LogP contribution in [-0.2, 0) is 4.79 Å². The molecule has 0 saturated carbocycles. The highest BCUT2D eigenvalue weighted by molar-refractivity contribution is 5.87. The van der Waals surface area contributed by atoms with Gasteiger partial charge in [0.25, 0.3) is 0 Å². The number of nitrogens with zero attached hydrogens (tertiary/aromatic N) is 1. The van der Waals surface area contributed by atoms with Crippen LogP contribution in [0.4, 0.5) is 0 Å². The molecule has 0 aliphatic carbocycles. The van der Waals surface area contributed by atoms with Gasteiger partial charge in [-0.05, 0) is 7.05 Å². The van der Waals surface area contributed by atoms with Crippen LogP contribution in [0, 0.1) is 12.3 Å². The van der Waals surface area contributed by atoms with Gasteiger partial charge in [-0.2, -0.15) is 0 Å². The molecule has 4 nitrogen and oxygen atoms in total. The first-order chi connectivity index (χ1) is 6.70. The summed E-state index contributed by atoms with van der Waals surface area (Å²) in [4.78, 5) is 13.0. The van der Waals surface area contributed by atoms with Crippen LogP contribution in [-0.4, -0.2) is 44.0 Å². The smallest absolute Gasteiger partial charge is 0.243 e. The lowest BCUT2D eigenvalue weighted by Gasteiger charge is -2.08. The highest BCUT2D eigenvalue weighted by Crippen LogP contribution is 1.82. The largest absolute Gasteiger partial charge is 0.351 e. The van der Waals surface area contributed by atoms with Gasteiger partial charge in [0, 0.05) is 25.7 Å². The summed E-state index contributed by atoms with van der Waals surface area (Å²) in [7, 11) is 1.89. The Morgan fingerprint density at radius 3 is 3.00 bits per heavy atom. The SMILES string of the molecule is C#CCN(C)C/C=C/C(=O)NCCN. The van der Waals surface area contributed by atoms with E-state index in [4.69, 9.17) is 12.2 Å². The van der Waals surface area contributed by atoms with Crippen molar-refractivity contribution in [3.8, 4) is 12.3 Å². The Bertz CT molecular complexity index is 230. The third-order valence-electron chi connectivity index (χ3n) is 1.49. The lowest BCUT2D eigenvalue weighted by molar-refractivity contribution is -0.116. The van der Waals surface area contributed by atoms with Crippen LogP contribution >= 0.6 is 0 Å². The molecule has 14 heavy (non-hydrogen) atoms. The minimum Gasteiger partial charge on any atom is -0.351 e. The second kappa shape index (κ2) is 8.30. The zero-order valence-corrected chi connectivity index (χ0v) is 8.49. The predicted octanol–water partition coefficient (Wildman–Crippen LogP) is -0.817. The summed E-state index contributed by atoms with van der Waals surface area (Å²) in [6, 6.07) is 0. The molecule has 0 fully saturated rings. The van der Waals surface area contributed by atoms with Gasteiger partial charge in [-0.3, -0.25) is 9.69 Å². The molecule has 0 rings (SSSR count). The first-order valence-corrected chi connectivity index (χ1v) is 4.47. The number of hydrogen-bond acceptors (Lipinski definition) is 3. The molecule has 0 aromatic carbocycles. The topological polar surface area (TPSA) is 58.4 Å². The molecule has 0 aromatic heterocycles. The highest BCUT2D eigenvalue weighted by Gasteiger charge is 1.93. The van der Waals surface area contributed by atoms with Crippen LogP contribution in [0.25, 0.3) is 0 Å². The van der Waals surface area contributed by atoms with Crippen LogP contribution in [0.5, 0.6) is 0 Å². The molecule has 0 atom stereocenters. The fourth-order valence-electron chi connectivity index (χ4n) is 0.814. The van der Waals surface area contributed by atoms with Gasteiger partial charge in [0.2, 0.25) is 5.91 Å². The molecule has 0 heterocycles. The van der Waals surface area contributed by atoms with E-state index in [1.54, 1.807) is 6.08 Å². The predicted molar refractivity (Wildman–Crippen MR) is 57.5 cm³/mol. The number of carbonyl (C=O) groups is 1. The van der Waals surface area contributed by atoms with E-state index in [0.717, 1.165) is 0 Å². The van der Waals surface area contributed by atoms with E-state index in [0.29, 0.717) is 26.2 Å². The number of amides is 1. The van der Waals surface area contributed by atoms with Gasteiger partial charge in [-0.15, -0.1) is 6.42 Å². The Hall–Kier alpha value is -1.31. The molecule has 0 radical (unpaired) electrons. The minimum absolute atomic E-state index is 0.121. The van der Waals surface area contributed by atoms with Gasteiger partial charge in [0.15, 0.2) is 0 Å². The molecule has 0 aliphatic rings. The fraction of sp³-hybridized carbons (Fsp3) is 0.500. The van der Waals surface area contributed by atoms with Crippen molar-refractivity contribution in [2.24, 2.45) is 5.73 Å². The summed E-state index contributed by atoms with van der Waals surface area (Å²) in [5.74, 6) is 2.39. The van der Waals surface area contributed by atoms with Crippen molar-refractivity contribution in [3.63, 3.8) is 0 Å². The Morgan fingerprint density at radius 1 is 1.71 bits per heavy atom. The molecule has 0 aliphatic heterocycles. The molecule has 1 amide bonds. The van der Waals surface area contributed by atoms with E-state index in [1.807, 2.05) is 11.9 Å². The maximum absolute atomic E-state index is 11.0. The molecular formula is C10H17N3O. The van der Waals surface area contributed by atoms with Crippen LogP contribution in [0.1, 0.15) is 0 Å². The summed E-state index contributed by atoms with van der Waals surface area (Å²) < 4.78 is 0. The molecular weight excluding hydrogens is 178 g/mol. The third kappa shape index (κ3) is 7.35. The average Bonchev–Trinajstić information content (AvgIpc) is 2.15. The van der Waals surface area contributed by atoms with Crippen LogP contribution in [0.2, 0.25) is 0 Å². The van der Waals surface area contributed by atoms with Crippen molar-refractivity contribution in [1.82, 2.24) is 10.2 Å². The van der Waals surface area contributed by atoms with E-state index in [-0.39, 0.29) is 5.91 Å². The second-order valence-corrected chi connectivity index (χ2v) is 2.88. The summed E-state index contributed by atoms with van der Waals surface area (Å²) >= 11 is 0. The normalized spacial score (nSPS) is 10.4. The van der Waals surface area contributed by atoms with Crippen molar-refractivity contribution in [2.75, 3.05) is 33.2 Å². The van der Waals surface area contributed by atoms with Gasteiger partial charge in [0.1, 0.15) is 0 Å². The van der Waals surface area contributed by atoms with Gasteiger partial charge in [-0.1, -0.05) is 12.0 Å². The zero-order valence-electron chi connectivity index (χ0n) is 8.49. The summed E-state index contributed by atoms with van der Waals surface area (Å²) in [5, 5.41) is 2.63. The monoisotopic (exact) mass is 195 g/mol. The summed E-state index contributed by atoms with van der Waals surface area (Å²) in [5.41, 5.74) is 5.22. The maximum Gasteiger partial charge on any atom is 0.243 e.